The summed E-state index contributed by atoms with van der Waals surface area (Å²) in [7, 11) is 0. The van der Waals surface area contributed by atoms with Crippen molar-refractivity contribution < 1.29 is 59.9 Å². The van der Waals surface area contributed by atoms with Crippen LogP contribution >= 0.6 is 0 Å². The fourth-order valence-corrected chi connectivity index (χ4v) is 0. The van der Waals surface area contributed by atoms with E-state index in [0.717, 1.165) is 0 Å². The maximum absolute atomic E-state index is 0. The van der Waals surface area contributed by atoms with Gasteiger partial charge in [0.1, 0.15) is 0 Å². The Morgan fingerprint density at radius 3 is 1.00 bits per heavy atom. The summed E-state index contributed by atoms with van der Waals surface area (Å²) < 4.78 is 0. The smallest absolute Gasteiger partial charge is 1.00 e. The molecule has 0 N–H and O–H groups in total. The summed E-state index contributed by atoms with van der Waals surface area (Å²) in [5.41, 5.74) is 0. The van der Waals surface area contributed by atoms with Crippen LogP contribution in [0.1, 0.15) is 0 Å². The maximum atomic E-state index is 0. The Morgan fingerprint density at radius 2 is 1.00 bits per heavy atom. The summed E-state index contributed by atoms with van der Waals surface area (Å²) in [6, 6.07) is 0. The molecular formula is CH3CuILi. The molecule has 0 spiro atoms. The molecular weight excluding hydrogens is 209 g/mol. The van der Waals surface area contributed by atoms with Crippen LogP contribution in [0.2, 0.25) is 0 Å². The van der Waals surface area contributed by atoms with E-state index >= 15 is 0 Å². The van der Waals surface area contributed by atoms with Crippen molar-refractivity contribution in [1.29, 1.82) is 0 Å². The van der Waals surface area contributed by atoms with Crippen molar-refractivity contribution in [3.8, 4) is 0 Å². The van der Waals surface area contributed by atoms with Gasteiger partial charge in [-0.3, -0.25) is 0 Å². The van der Waals surface area contributed by atoms with E-state index in [1.54, 1.807) is 0 Å². The van der Waals surface area contributed by atoms with Crippen molar-refractivity contribution in [3.05, 3.63) is 7.43 Å². The van der Waals surface area contributed by atoms with E-state index in [1.807, 2.05) is 0 Å². The zero-order valence-electron chi connectivity index (χ0n) is 2.68. The molecule has 0 saturated heterocycles. The van der Waals surface area contributed by atoms with Crippen molar-refractivity contribution in [2.24, 2.45) is 0 Å². The fourth-order valence-electron chi connectivity index (χ4n) is 0. The molecule has 0 amide bonds. The molecule has 0 aliphatic heterocycles. The van der Waals surface area contributed by atoms with Gasteiger partial charge in [-0.1, -0.05) is 0 Å². The van der Waals surface area contributed by atoms with Crippen molar-refractivity contribution in [3.63, 3.8) is 0 Å². The Balaban J connectivity index is 0. The molecule has 0 aliphatic rings. The summed E-state index contributed by atoms with van der Waals surface area (Å²) in [6.07, 6.45) is 0. The molecule has 3 heteroatoms. The minimum atomic E-state index is 0. The molecule has 0 aromatic heterocycles. The molecule has 0 nitrogen and oxygen atoms in total. The van der Waals surface area contributed by atoms with Gasteiger partial charge in [-0.2, -0.15) is 0 Å². The van der Waals surface area contributed by atoms with E-state index in [9.17, 15) is 0 Å². The molecule has 0 saturated carbocycles. The summed E-state index contributed by atoms with van der Waals surface area (Å²) in [5, 5.41) is 0. The van der Waals surface area contributed by atoms with E-state index < -0.39 is 0 Å². The van der Waals surface area contributed by atoms with Gasteiger partial charge in [-0.25, -0.2) is 0 Å². The van der Waals surface area contributed by atoms with Crippen LogP contribution in [-0.2, 0) is 17.1 Å². The maximum Gasteiger partial charge on any atom is 1.00 e. The van der Waals surface area contributed by atoms with E-state index in [2.05, 4.69) is 0 Å². The third kappa shape index (κ3) is 9.14. The second-order valence-corrected chi connectivity index (χ2v) is 0. The van der Waals surface area contributed by atoms with Crippen LogP contribution in [0.3, 0.4) is 0 Å². The number of halogens is 1. The average Bonchev–Trinajstić information content (AvgIpc) is 0. The van der Waals surface area contributed by atoms with Crippen LogP contribution in [0, 0.1) is 7.43 Å². The standard InChI is InChI=1S/CH3.Cu.HI.Li/h1H3;;1H;/q-1;+1;;+1/p-1. The molecule has 0 radical (unpaired) electrons. The molecule has 0 aromatic rings. The normalized spacial score (nSPS) is 0. The average molecular weight is 212 g/mol. The fraction of sp³-hybridized carbons (Fsp3) is 0. The van der Waals surface area contributed by atoms with Crippen LogP contribution in [0.4, 0.5) is 0 Å². The molecule has 0 fully saturated rings. The van der Waals surface area contributed by atoms with Gasteiger partial charge in [0.25, 0.3) is 0 Å². The number of rotatable bonds is 0. The molecule has 0 aliphatic carbocycles. The van der Waals surface area contributed by atoms with Crippen LogP contribution in [-0.4, -0.2) is 0 Å². The van der Waals surface area contributed by atoms with Crippen LogP contribution in [0.5, 0.6) is 0 Å². The SMILES string of the molecule is [CH3-].[Cu+].[I-].[Li+]. The summed E-state index contributed by atoms with van der Waals surface area (Å²) in [6.45, 7) is 0. The zero-order chi connectivity index (χ0) is 0. The summed E-state index contributed by atoms with van der Waals surface area (Å²) in [5.74, 6) is 0. The van der Waals surface area contributed by atoms with Crippen molar-refractivity contribution >= 4 is 0 Å². The monoisotopic (exact) mass is 212 g/mol. The van der Waals surface area contributed by atoms with Gasteiger partial charge < -0.3 is 31.4 Å². The van der Waals surface area contributed by atoms with E-state index in [-0.39, 0.29) is 67.3 Å². The molecule has 26 valence electrons. The first-order valence-corrected chi connectivity index (χ1v) is 0. The van der Waals surface area contributed by atoms with E-state index in [4.69, 9.17) is 0 Å². The first-order chi connectivity index (χ1) is 0. The quantitative estimate of drug-likeness (QED) is 0.213. The Hall–Kier alpha value is 1.85. The zero-order valence-corrected chi connectivity index (χ0v) is 5.78. The van der Waals surface area contributed by atoms with Crippen LogP contribution < -0.4 is 42.8 Å². The van der Waals surface area contributed by atoms with Crippen LogP contribution in [0.25, 0.3) is 0 Å². The van der Waals surface area contributed by atoms with E-state index in [1.165, 1.54) is 0 Å². The van der Waals surface area contributed by atoms with E-state index in [0.29, 0.717) is 0 Å². The molecule has 0 unspecified atom stereocenters. The van der Waals surface area contributed by atoms with Gasteiger partial charge in [0.15, 0.2) is 0 Å². The minimum Gasteiger partial charge on any atom is -1.00 e. The first kappa shape index (κ1) is 40.3. The summed E-state index contributed by atoms with van der Waals surface area (Å²) >= 11 is 0. The topological polar surface area (TPSA) is 0 Å². The second kappa shape index (κ2) is 21.0. The number of hydrogen-bond donors (Lipinski definition) is 0. The van der Waals surface area contributed by atoms with Crippen LogP contribution in [0.15, 0.2) is 0 Å². The minimum absolute atomic E-state index is 0. The van der Waals surface area contributed by atoms with Crippen molar-refractivity contribution in [1.82, 2.24) is 0 Å². The van der Waals surface area contributed by atoms with Gasteiger partial charge in [0.05, 0.1) is 0 Å². The third-order valence-electron chi connectivity index (χ3n) is 0. The van der Waals surface area contributed by atoms with Crippen molar-refractivity contribution in [2.75, 3.05) is 0 Å². The largest absolute Gasteiger partial charge is 1.00 e. The Bertz CT molecular complexity index is 8.00. The van der Waals surface area contributed by atoms with Gasteiger partial charge in [-0.05, 0) is 0 Å². The molecule has 0 atom stereocenters. The summed E-state index contributed by atoms with van der Waals surface area (Å²) in [4.78, 5) is 0. The molecule has 0 heterocycles. The van der Waals surface area contributed by atoms with Gasteiger partial charge in [0.2, 0.25) is 0 Å². The van der Waals surface area contributed by atoms with Gasteiger partial charge in [0, 0.05) is 0 Å². The second-order valence-electron chi connectivity index (χ2n) is 0. The molecule has 0 rings (SSSR count). The molecule has 0 bridgehead atoms. The predicted octanol–water partition coefficient (Wildman–Crippen LogP) is -5.54. The Morgan fingerprint density at radius 1 is 1.00 bits per heavy atom. The third-order valence-corrected chi connectivity index (χ3v) is 0. The molecule has 4 heavy (non-hydrogen) atoms. The Labute approximate surface area is 66.8 Å². The predicted molar refractivity (Wildman–Crippen MR) is 6.41 cm³/mol. The van der Waals surface area contributed by atoms with Gasteiger partial charge >= 0.3 is 35.9 Å². The van der Waals surface area contributed by atoms with Gasteiger partial charge in [-0.15, -0.1) is 0 Å². The first-order valence-electron chi connectivity index (χ1n) is 0. The van der Waals surface area contributed by atoms with Crippen molar-refractivity contribution in [2.45, 2.75) is 0 Å². The Kier molecular flexibility index (Phi) is 212. The number of hydrogen-bond acceptors (Lipinski definition) is 0. The molecule has 0 aromatic carbocycles.